The predicted molar refractivity (Wildman–Crippen MR) is 141 cm³/mol. The Hall–Kier alpha value is -3.62. The zero-order valence-electron chi connectivity index (χ0n) is 19.9. The highest BCUT2D eigenvalue weighted by atomic mass is 35.5. The molecule has 9 heteroatoms. The number of nitro benzene ring substituents is 1. The molecule has 7 nitrogen and oxygen atoms in total. The summed E-state index contributed by atoms with van der Waals surface area (Å²) in [5, 5.41) is 14.5. The van der Waals surface area contributed by atoms with Crippen molar-refractivity contribution in [1.82, 2.24) is 9.55 Å². The lowest BCUT2D eigenvalue weighted by molar-refractivity contribution is -0.384. The summed E-state index contributed by atoms with van der Waals surface area (Å²) >= 11 is 7.31. The number of hydrogen-bond acceptors (Lipinski definition) is 6. The van der Waals surface area contributed by atoms with Crippen LogP contribution in [0.4, 0.5) is 5.69 Å². The number of Topliss-reactive ketones (excluding diaryl/α,β-unsaturated/α-hetero) is 1. The minimum atomic E-state index is -0.488. The Morgan fingerprint density at radius 2 is 1.78 bits per heavy atom. The second-order valence-corrected chi connectivity index (χ2v) is 11.1. The zero-order valence-corrected chi connectivity index (χ0v) is 21.4. The number of halogens is 1. The lowest BCUT2D eigenvalue weighted by Gasteiger charge is -2.32. The van der Waals surface area contributed by atoms with Crippen LogP contribution in [-0.4, -0.2) is 20.3 Å². The van der Waals surface area contributed by atoms with E-state index in [1.54, 1.807) is 31.2 Å². The van der Waals surface area contributed by atoms with E-state index in [0.717, 1.165) is 5.56 Å². The summed E-state index contributed by atoms with van der Waals surface area (Å²) in [7, 11) is 0. The van der Waals surface area contributed by atoms with Crippen LogP contribution in [0.15, 0.2) is 58.7 Å². The maximum Gasteiger partial charge on any atom is 0.271 e. The highest BCUT2D eigenvalue weighted by molar-refractivity contribution is 7.13. The van der Waals surface area contributed by atoms with Crippen molar-refractivity contribution in [2.24, 2.45) is 5.41 Å². The fourth-order valence-corrected chi connectivity index (χ4v) is 5.59. The number of ketones is 1. The molecule has 182 valence electrons. The van der Waals surface area contributed by atoms with E-state index in [1.807, 2.05) is 31.4 Å². The highest BCUT2D eigenvalue weighted by Crippen LogP contribution is 2.38. The molecule has 0 N–H and O–H groups in total. The lowest BCUT2D eigenvalue weighted by Crippen LogP contribution is -2.35. The molecule has 36 heavy (non-hydrogen) atoms. The number of carbonyl (C=O) groups excluding carboxylic acids is 1. The maximum absolute atomic E-state index is 14.0. The fourth-order valence-electron chi connectivity index (χ4n) is 4.63. The van der Waals surface area contributed by atoms with Gasteiger partial charge in [-0.15, -0.1) is 11.3 Å². The van der Waals surface area contributed by atoms with E-state index in [-0.39, 0.29) is 28.0 Å². The van der Waals surface area contributed by atoms with Gasteiger partial charge in [-0.1, -0.05) is 43.6 Å². The number of non-ortho nitro benzene ring substituents is 1. The van der Waals surface area contributed by atoms with Crippen molar-refractivity contribution < 1.29 is 9.72 Å². The van der Waals surface area contributed by atoms with Crippen molar-refractivity contribution in [2.45, 2.75) is 33.6 Å². The van der Waals surface area contributed by atoms with Gasteiger partial charge in [-0.25, -0.2) is 4.98 Å². The fraction of sp³-hybridized carbons (Fsp3) is 0.222. The van der Waals surface area contributed by atoms with Gasteiger partial charge in [-0.2, -0.15) is 0 Å². The summed E-state index contributed by atoms with van der Waals surface area (Å²) in [6.45, 7) is 5.76. The van der Waals surface area contributed by atoms with Crippen molar-refractivity contribution >= 4 is 34.4 Å². The molecule has 0 unspecified atom stereocenters. The molecule has 0 aliphatic heterocycles. The van der Waals surface area contributed by atoms with Crippen molar-refractivity contribution in [3.63, 3.8) is 0 Å². The molecule has 0 spiro atoms. The standard InChI is InChI=1S/C27H22ClN3O4S/c1-15-4-9-18(31(34)35)10-22(15)30-23-12-27(2,3)13-24(32)19(23)11-20(26(30)33)25-29-21(14-36-25)16-5-7-17(28)8-6-16/h4-11,14H,12-13H2,1-3H3. The summed E-state index contributed by atoms with van der Waals surface area (Å²) in [6, 6.07) is 13.3. The molecule has 5 rings (SSSR count). The Morgan fingerprint density at radius 1 is 1.06 bits per heavy atom. The number of aromatic nitrogens is 2. The van der Waals surface area contributed by atoms with Crippen LogP contribution in [0.25, 0.3) is 27.5 Å². The third-order valence-corrected chi connectivity index (χ3v) is 7.54. The minimum Gasteiger partial charge on any atom is -0.294 e. The van der Waals surface area contributed by atoms with Crippen molar-refractivity contribution in [1.29, 1.82) is 0 Å². The number of carbonyl (C=O) groups is 1. The Morgan fingerprint density at radius 3 is 2.47 bits per heavy atom. The van der Waals surface area contributed by atoms with E-state index in [9.17, 15) is 19.7 Å². The molecule has 0 atom stereocenters. The number of nitrogens with zero attached hydrogens (tertiary/aromatic N) is 3. The van der Waals surface area contributed by atoms with Gasteiger partial charge in [-0.3, -0.25) is 24.3 Å². The zero-order chi connectivity index (χ0) is 25.8. The van der Waals surface area contributed by atoms with Crippen LogP contribution in [0.3, 0.4) is 0 Å². The number of aryl methyl sites for hydroxylation is 1. The Balaban J connectivity index is 1.77. The number of benzene rings is 2. The molecular formula is C27H22ClN3O4S. The first-order valence-corrected chi connectivity index (χ1v) is 12.6. The van der Waals surface area contributed by atoms with Gasteiger partial charge >= 0.3 is 0 Å². The first kappa shape index (κ1) is 24.1. The van der Waals surface area contributed by atoms with Gasteiger partial charge in [0.25, 0.3) is 11.2 Å². The van der Waals surface area contributed by atoms with E-state index in [0.29, 0.717) is 51.1 Å². The molecule has 1 aliphatic carbocycles. The molecule has 0 bridgehead atoms. The van der Waals surface area contributed by atoms with E-state index in [4.69, 9.17) is 11.6 Å². The molecular weight excluding hydrogens is 498 g/mol. The molecule has 1 aliphatic rings. The number of nitro groups is 1. The Kier molecular flexibility index (Phi) is 5.89. The number of rotatable bonds is 4. The third-order valence-electron chi connectivity index (χ3n) is 6.41. The van der Waals surface area contributed by atoms with Gasteiger partial charge in [0, 0.05) is 45.8 Å². The summed E-state index contributed by atoms with van der Waals surface area (Å²) in [6.07, 6.45) is 0.832. The summed E-state index contributed by atoms with van der Waals surface area (Å²) < 4.78 is 1.48. The van der Waals surface area contributed by atoms with Crippen molar-refractivity contribution in [3.05, 3.63) is 96.2 Å². The first-order chi connectivity index (χ1) is 17.0. The number of pyridine rings is 1. The van der Waals surface area contributed by atoms with Gasteiger partial charge in [-0.05, 0) is 42.5 Å². The van der Waals surface area contributed by atoms with Gasteiger partial charge in [0.1, 0.15) is 5.01 Å². The molecule has 0 radical (unpaired) electrons. The van der Waals surface area contributed by atoms with Crippen molar-refractivity contribution in [2.75, 3.05) is 0 Å². The highest BCUT2D eigenvalue weighted by Gasteiger charge is 2.35. The largest absolute Gasteiger partial charge is 0.294 e. The van der Waals surface area contributed by atoms with E-state index in [1.165, 1.54) is 28.0 Å². The Labute approximate surface area is 216 Å². The maximum atomic E-state index is 14.0. The van der Waals surface area contributed by atoms with Gasteiger partial charge in [0.05, 0.1) is 21.9 Å². The molecule has 2 aromatic heterocycles. The average molecular weight is 520 g/mol. The second-order valence-electron chi connectivity index (χ2n) is 9.77. The normalized spacial score (nSPS) is 14.5. The van der Waals surface area contributed by atoms with Crippen LogP contribution in [0.5, 0.6) is 0 Å². The smallest absolute Gasteiger partial charge is 0.271 e. The van der Waals surface area contributed by atoms with E-state index >= 15 is 0 Å². The molecule has 0 saturated heterocycles. The van der Waals surface area contributed by atoms with Crippen LogP contribution in [0.2, 0.25) is 5.02 Å². The molecule has 0 saturated carbocycles. The van der Waals surface area contributed by atoms with Crippen molar-refractivity contribution in [3.8, 4) is 27.5 Å². The number of hydrogen-bond donors (Lipinski definition) is 0. The molecule has 4 aromatic rings. The molecule has 0 amide bonds. The minimum absolute atomic E-state index is 0.0613. The Bertz CT molecular complexity index is 1600. The third kappa shape index (κ3) is 4.27. The van der Waals surface area contributed by atoms with E-state index in [2.05, 4.69) is 4.98 Å². The molecule has 2 aromatic carbocycles. The van der Waals surface area contributed by atoms with Crippen LogP contribution in [-0.2, 0) is 6.42 Å². The monoisotopic (exact) mass is 519 g/mol. The lowest BCUT2D eigenvalue weighted by atomic mass is 9.75. The van der Waals surface area contributed by atoms with E-state index < -0.39 is 4.92 Å². The van der Waals surface area contributed by atoms with Crippen LogP contribution < -0.4 is 5.56 Å². The summed E-state index contributed by atoms with van der Waals surface area (Å²) in [4.78, 5) is 43.0. The second kappa shape index (κ2) is 8.80. The molecule has 2 heterocycles. The summed E-state index contributed by atoms with van der Waals surface area (Å²) in [5.41, 5.74) is 3.12. The quantitative estimate of drug-likeness (QED) is 0.222. The summed E-state index contributed by atoms with van der Waals surface area (Å²) in [5.74, 6) is -0.0613. The predicted octanol–water partition coefficient (Wildman–Crippen LogP) is 6.65. The van der Waals surface area contributed by atoms with Crippen LogP contribution in [0, 0.1) is 22.5 Å². The molecule has 0 fully saturated rings. The van der Waals surface area contributed by atoms with Crippen LogP contribution in [0.1, 0.15) is 41.9 Å². The van der Waals surface area contributed by atoms with Gasteiger partial charge in [0.2, 0.25) is 0 Å². The first-order valence-electron chi connectivity index (χ1n) is 11.3. The topological polar surface area (TPSA) is 95.1 Å². The van der Waals surface area contributed by atoms with Crippen LogP contribution >= 0.6 is 22.9 Å². The number of fused-ring (bicyclic) bond motifs is 1. The average Bonchev–Trinajstić information content (AvgIpc) is 3.29. The van der Waals surface area contributed by atoms with Gasteiger partial charge in [0.15, 0.2) is 5.78 Å². The SMILES string of the molecule is Cc1ccc([N+](=O)[O-])cc1-n1c2c(cc(-c3nc(-c4ccc(Cl)cc4)cs3)c1=O)C(=O)CC(C)(C)C2. The number of thiazole rings is 1. The van der Waals surface area contributed by atoms with Gasteiger partial charge < -0.3 is 0 Å².